The predicted molar refractivity (Wildman–Crippen MR) is 104 cm³/mol. The second kappa shape index (κ2) is 9.45. The third kappa shape index (κ3) is 5.22. The van der Waals surface area contributed by atoms with E-state index in [2.05, 4.69) is 35.7 Å². The molecule has 0 aliphatic carbocycles. The number of piperidine rings is 1. The van der Waals surface area contributed by atoms with Gasteiger partial charge in [0.25, 0.3) is 0 Å². The van der Waals surface area contributed by atoms with E-state index in [4.69, 9.17) is 10.4 Å². The third-order valence-corrected chi connectivity index (χ3v) is 5.21. The normalized spacial score (nSPS) is 16.8. The van der Waals surface area contributed by atoms with E-state index in [-0.39, 0.29) is 5.57 Å². The first-order valence-corrected chi connectivity index (χ1v) is 9.07. The molecule has 1 aliphatic heterocycles. The Bertz CT molecular complexity index is 597. The van der Waals surface area contributed by atoms with Crippen LogP contribution in [0, 0.1) is 11.3 Å². The number of anilines is 1. The molecule has 5 nitrogen and oxygen atoms in total. The van der Waals surface area contributed by atoms with Crippen LogP contribution in [0.25, 0.3) is 5.57 Å². The van der Waals surface area contributed by atoms with Crippen LogP contribution in [0.4, 0.5) is 5.69 Å². The average Bonchev–Trinajstić information content (AvgIpc) is 2.64. The van der Waals surface area contributed by atoms with Gasteiger partial charge in [-0.05, 0) is 64.6 Å². The second-order valence-electron chi connectivity index (χ2n) is 6.80. The van der Waals surface area contributed by atoms with E-state index in [0.29, 0.717) is 6.04 Å². The highest BCUT2D eigenvalue weighted by molar-refractivity contribution is 5.76. The van der Waals surface area contributed by atoms with E-state index >= 15 is 0 Å². The van der Waals surface area contributed by atoms with Gasteiger partial charge in [0.1, 0.15) is 6.07 Å². The molecule has 1 fully saturated rings. The maximum atomic E-state index is 9.09. The van der Waals surface area contributed by atoms with Crippen LogP contribution in [-0.2, 0) is 0 Å². The summed E-state index contributed by atoms with van der Waals surface area (Å²) in [6.45, 7) is 7.52. The van der Waals surface area contributed by atoms with Crippen molar-refractivity contribution in [1.29, 1.82) is 5.26 Å². The number of aliphatic hydroxyl groups is 1. The van der Waals surface area contributed by atoms with Gasteiger partial charge in [-0.15, -0.1) is 0 Å². The summed E-state index contributed by atoms with van der Waals surface area (Å²) in [5.41, 5.74) is 2.18. The lowest BCUT2D eigenvalue weighted by Gasteiger charge is -2.36. The molecule has 0 saturated carbocycles. The van der Waals surface area contributed by atoms with Gasteiger partial charge in [-0.25, -0.2) is 0 Å². The van der Waals surface area contributed by atoms with E-state index in [1.807, 2.05) is 30.3 Å². The number of nitrogens with zero attached hydrogens (tertiary/aromatic N) is 4. The minimum atomic E-state index is 0.289. The Hall–Kier alpha value is -2.03. The molecular formula is C20H30N4O. The van der Waals surface area contributed by atoms with Crippen molar-refractivity contribution < 1.29 is 5.11 Å². The Morgan fingerprint density at radius 2 is 1.92 bits per heavy atom. The monoisotopic (exact) mass is 342 g/mol. The highest BCUT2D eigenvalue weighted by atomic mass is 16.2. The van der Waals surface area contributed by atoms with Gasteiger partial charge in [-0.3, -0.25) is 0 Å². The number of nitriles is 1. The molecule has 0 spiro atoms. The Labute approximate surface area is 151 Å². The SMILES string of the molecule is CCN(CCN(C)C1CCN(C)CC1)c1ccc(/C(C#N)=C\O)cc1. The summed E-state index contributed by atoms with van der Waals surface area (Å²) in [6, 6.07) is 10.5. The molecule has 0 bridgehead atoms. The van der Waals surface area contributed by atoms with Crippen LogP contribution in [0.1, 0.15) is 25.3 Å². The molecule has 1 aromatic carbocycles. The molecule has 0 amide bonds. The van der Waals surface area contributed by atoms with Crippen LogP contribution in [0.5, 0.6) is 0 Å². The number of likely N-dealkylation sites (N-methyl/N-ethyl adjacent to an activating group) is 2. The number of rotatable bonds is 7. The molecule has 1 aliphatic rings. The summed E-state index contributed by atoms with van der Waals surface area (Å²) >= 11 is 0. The van der Waals surface area contributed by atoms with Gasteiger partial charge in [0.15, 0.2) is 0 Å². The molecule has 1 saturated heterocycles. The first kappa shape index (κ1) is 19.3. The van der Waals surface area contributed by atoms with Crippen LogP contribution in [0.2, 0.25) is 0 Å². The quantitative estimate of drug-likeness (QED) is 0.610. The van der Waals surface area contributed by atoms with Gasteiger partial charge < -0.3 is 19.8 Å². The number of allylic oxidation sites excluding steroid dienone is 1. The van der Waals surface area contributed by atoms with Crippen LogP contribution < -0.4 is 4.90 Å². The van der Waals surface area contributed by atoms with Gasteiger partial charge >= 0.3 is 0 Å². The lowest BCUT2D eigenvalue weighted by atomic mass is 10.0. The molecule has 0 radical (unpaired) electrons. The van der Waals surface area contributed by atoms with Gasteiger partial charge in [-0.1, -0.05) is 12.1 Å². The zero-order chi connectivity index (χ0) is 18.2. The summed E-state index contributed by atoms with van der Waals surface area (Å²) < 4.78 is 0. The van der Waals surface area contributed by atoms with E-state index in [9.17, 15) is 0 Å². The van der Waals surface area contributed by atoms with E-state index in [1.54, 1.807) is 0 Å². The zero-order valence-electron chi connectivity index (χ0n) is 15.6. The minimum absolute atomic E-state index is 0.289. The van der Waals surface area contributed by atoms with Crippen molar-refractivity contribution in [2.24, 2.45) is 0 Å². The van der Waals surface area contributed by atoms with Gasteiger partial charge in [0, 0.05) is 31.4 Å². The first-order chi connectivity index (χ1) is 12.1. The van der Waals surface area contributed by atoms with Crippen molar-refractivity contribution in [2.75, 3.05) is 51.7 Å². The molecule has 1 N–H and O–H groups in total. The molecule has 1 heterocycles. The van der Waals surface area contributed by atoms with Crippen molar-refractivity contribution in [3.8, 4) is 6.07 Å². The number of benzene rings is 1. The molecule has 1 aromatic rings. The van der Waals surface area contributed by atoms with Crippen LogP contribution in [0.3, 0.4) is 0 Å². The summed E-state index contributed by atoms with van der Waals surface area (Å²) in [6.07, 6.45) is 3.36. The van der Waals surface area contributed by atoms with Crippen molar-refractivity contribution in [2.45, 2.75) is 25.8 Å². The van der Waals surface area contributed by atoms with Crippen molar-refractivity contribution >= 4 is 11.3 Å². The fourth-order valence-electron chi connectivity index (χ4n) is 3.39. The largest absolute Gasteiger partial charge is 0.514 e. The molecular weight excluding hydrogens is 312 g/mol. The smallest absolute Gasteiger partial charge is 0.103 e. The molecule has 0 atom stereocenters. The molecule has 0 aromatic heterocycles. The van der Waals surface area contributed by atoms with Gasteiger partial charge in [0.2, 0.25) is 0 Å². The average molecular weight is 342 g/mol. The summed E-state index contributed by atoms with van der Waals surface area (Å²) in [4.78, 5) is 7.25. The maximum absolute atomic E-state index is 9.09. The Balaban J connectivity index is 1.92. The lowest BCUT2D eigenvalue weighted by molar-refractivity contribution is 0.147. The summed E-state index contributed by atoms with van der Waals surface area (Å²) in [5, 5.41) is 18.1. The second-order valence-corrected chi connectivity index (χ2v) is 6.80. The van der Waals surface area contributed by atoms with Crippen LogP contribution in [-0.4, -0.2) is 67.8 Å². The topological polar surface area (TPSA) is 53.7 Å². The number of aliphatic hydroxyl groups excluding tert-OH is 1. The van der Waals surface area contributed by atoms with E-state index in [0.717, 1.165) is 37.1 Å². The van der Waals surface area contributed by atoms with Crippen LogP contribution >= 0.6 is 0 Å². The first-order valence-electron chi connectivity index (χ1n) is 9.07. The highest BCUT2D eigenvalue weighted by Gasteiger charge is 2.20. The molecule has 2 rings (SSSR count). The Morgan fingerprint density at radius 3 is 2.44 bits per heavy atom. The number of hydrogen-bond donors (Lipinski definition) is 1. The predicted octanol–water partition coefficient (Wildman–Crippen LogP) is 2.96. The minimum Gasteiger partial charge on any atom is -0.514 e. The summed E-state index contributed by atoms with van der Waals surface area (Å²) in [7, 11) is 4.43. The standard InChI is InChI=1S/C20H30N4O/c1-4-24(14-13-23(3)19-9-11-22(2)12-10-19)20-7-5-17(6-8-20)18(15-21)16-25/h5-8,16,19,25H,4,9-14H2,1-3H3/b18-16-. The summed E-state index contributed by atoms with van der Waals surface area (Å²) in [5.74, 6) is 0. The fourth-order valence-corrected chi connectivity index (χ4v) is 3.39. The molecule has 25 heavy (non-hydrogen) atoms. The molecule has 136 valence electrons. The fraction of sp³-hybridized carbons (Fsp3) is 0.550. The van der Waals surface area contributed by atoms with Crippen molar-refractivity contribution in [1.82, 2.24) is 9.80 Å². The third-order valence-electron chi connectivity index (χ3n) is 5.21. The lowest BCUT2D eigenvalue weighted by Crippen LogP contribution is -2.44. The van der Waals surface area contributed by atoms with Crippen LogP contribution in [0.15, 0.2) is 30.5 Å². The van der Waals surface area contributed by atoms with Gasteiger partial charge in [-0.2, -0.15) is 5.26 Å². The van der Waals surface area contributed by atoms with E-state index in [1.165, 1.54) is 25.9 Å². The van der Waals surface area contributed by atoms with Gasteiger partial charge in [0.05, 0.1) is 11.8 Å². The molecule has 0 unspecified atom stereocenters. The Morgan fingerprint density at radius 1 is 1.28 bits per heavy atom. The number of hydrogen-bond acceptors (Lipinski definition) is 5. The Kier molecular flexibility index (Phi) is 7.30. The van der Waals surface area contributed by atoms with E-state index < -0.39 is 0 Å². The maximum Gasteiger partial charge on any atom is 0.103 e. The van der Waals surface area contributed by atoms with Crippen molar-refractivity contribution in [3.63, 3.8) is 0 Å². The van der Waals surface area contributed by atoms with Crippen molar-refractivity contribution in [3.05, 3.63) is 36.1 Å². The zero-order valence-corrected chi connectivity index (χ0v) is 15.6. The number of likely N-dealkylation sites (tertiary alicyclic amines) is 1. The highest BCUT2D eigenvalue weighted by Crippen LogP contribution is 2.20. The molecule has 5 heteroatoms.